The van der Waals surface area contributed by atoms with Crippen molar-refractivity contribution in [2.24, 2.45) is 5.73 Å². The van der Waals surface area contributed by atoms with E-state index in [1.54, 1.807) is 0 Å². The Hall–Kier alpha value is -1.40. The van der Waals surface area contributed by atoms with Crippen LogP contribution in [0.1, 0.15) is 66.8 Å². The molecule has 0 bridgehead atoms. The number of amides is 1. The Kier molecular flexibility index (Phi) is 3.99. The molecular formula is C15H22N2O4. The lowest BCUT2D eigenvalue weighted by atomic mass is 9.80. The van der Waals surface area contributed by atoms with Crippen molar-refractivity contribution in [2.75, 3.05) is 13.2 Å². The number of aromatic nitrogens is 1. The molecule has 0 saturated carbocycles. The minimum absolute atomic E-state index is 0.00380. The summed E-state index contributed by atoms with van der Waals surface area (Å²) in [7, 11) is 0. The summed E-state index contributed by atoms with van der Waals surface area (Å²) < 4.78 is 17.4. The highest BCUT2D eigenvalue weighted by molar-refractivity contribution is 5.92. The van der Waals surface area contributed by atoms with Crippen LogP contribution in [0.5, 0.6) is 0 Å². The zero-order chi connectivity index (χ0) is 14.9. The second-order valence-corrected chi connectivity index (χ2v) is 5.80. The number of primary amides is 1. The molecule has 21 heavy (non-hydrogen) atoms. The van der Waals surface area contributed by atoms with Crippen LogP contribution >= 0.6 is 0 Å². The third kappa shape index (κ3) is 2.46. The second-order valence-electron chi connectivity index (χ2n) is 5.80. The third-order valence-corrected chi connectivity index (χ3v) is 4.47. The molecule has 1 aromatic rings. The predicted octanol–water partition coefficient (Wildman–Crippen LogP) is 2.13. The molecule has 1 atom stereocenters. The van der Waals surface area contributed by atoms with Crippen molar-refractivity contribution in [1.82, 2.24) is 5.16 Å². The molecule has 0 radical (unpaired) electrons. The normalized spacial score (nSPS) is 24.0. The van der Waals surface area contributed by atoms with Crippen molar-refractivity contribution in [3.63, 3.8) is 0 Å². The zero-order valence-corrected chi connectivity index (χ0v) is 12.4. The SMILES string of the molecule is CCCCC1(C2CCCc3c(C(N)=O)noc32)OCCO1. The number of fused-ring (bicyclic) bond motifs is 1. The van der Waals surface area contributed by atoms with Crippen LogP contribution in [-0.4, -0.2) is 30.1 Å². The van der Waals surface area contributed by atoms with Crippen molar-refractivity contribution in [3.8, 4) is 0 Å². The zero-order valence-electron chi connectivity index (χ0n) is 12.4. The van der Waals surface area contributed by atoms with Crippen LogP contribution in [0, 0.1) is 0 Å². The first-order valence-corrected chi connectivity index (χ1v) is 7.74. The van der Waals surface area contributed by atoms with Crippen LogP contribution in [-0.2, 0) is 15.9 Å². The van der Waals surface area contributed by atoms with Gasteiger partial charge in [0.15, 0.2) is 11.5 Å². The molecule has 1 saturated heterocycles. The van der Waals surface area contributed by atoms with E-state index in [2.05, 4.69) is 12.1 Å². The Morgan fingerprint density at radius 3 is 2.86 bits per heavy atom. The maximum Gasteiger partial charge on any atom is 0.271 e. The number of carbonyl (C=O) groups is 1. The molecule has 0 spiro atoms. The van der Waals surface area contributed by atoms with Crippen LogP contribution in [0.15, 0.2) is 4.52 Å². The summed E-state index contributed by atoms with van der Waals surface area (Å²) in [5, 5.41) is 3.87. The van der Waals surface area contributed by atoms with Gasteiger partial charge in [-0.05, 0) is 25.7 Å². The highest BCUT2D eigenvalue weighted by Gasteiger charge is 2.48. The highest BCUT2D eigenvalue weighted by atomic mass is 16.7. The Morgan fingerprint density at radius 2 is 2.19 bits per heavy atom. The fourth-order valence-corrected chi connectivity index (χ4v) is 3.48. The summed E-state index contributed by atoms with van der Waals surface area (Å²) in [6.07, 6.45) is 5.60. The molecule has 1 aromatic heterocycles. The molecule has 6 heteroatoms. The number of rotatable bonds is 5. The van der Waals surface area contributed by atoms with E-state index in [0.717, 1.165) is 49.8 Å². The molecule has 1 fully saturated rings. The van der Waals surface area contributed by atoms with Gasteiger partial charge in [-0.15, -0.1) is 0 Å². The second kappa shape index (κ2) is 5.77. The number of ether oxygens (including phenoxy) is 2. The lowest BCUT2D eigenvalue weighted by Gasteiger charge is -2.36. The highest BCUT2D eigenvalue weighted by Crippen LogP contribution is 2.46. The Morgan fingerprint density at radius 1 is 1.43 bits per heavy atom. The summed E-state index contributed by atoms with van der Waals surface area (Å²) in [6, 6.07) is 0. The van der Waals surface area contributed by atoms with E-state index in [1.165, 1.54) is 0 Å². The molecule has 0 aromatic carbocycles. The number of carbonyl (C=O) groups excluding carboxylic acids is 1. The summed E-state index contributed by atoms with van der Waals surface area (Å²) in [5.74, 6) is -0.430. The van der Waals surface area contributed by atoms with Crippen LogP contribution in [0.4, 0.5) is 0 Å². The molecule has 116 valence electrons. The number of nitrogens with two attached hydrogens (primary N) is 1. The lowest BCUT2D eigenvalue weighted by molar-refractivity contribution is -0.186. The van der Waals surface area contributed by atoms with Gasteiger partial charge >= 0.3 is 0 Å². The van der Waals surface area contributed by atoms with Crippen LogP contribution in [0.2, 0.25) is 0 Å². The molecule has 1 aliphatic carbocycles. The van der Waals surface area contributed by atoms with E-state index < -0.39 is 11.7 Å². The molecule has 2 N–H and O–H groups in total. The van der Waals surface area contributed by atoms with E-state index in [-0.39, 0.29) is 11.6 Å². The average molecular weight is 294 g/mol. The first-order valence-electron chi connectivity index (χ1n) is 7.74. The summed E-state index contributed by atoms with van der Waals surface area (Å²) in [6.45, 7) is 3.35. The largest absolute Gasteiger partial charge is 0.364 e. The maximum atomic E-state index is 11.5. The molecule has 2 heterocycles. The minimum atomic E-state index is -0.625. The molecular weight excluding hydrogens is 272 g/mol. The van der Waals surface area contributed by atoms with Gasteiger partial charge in [-0.3, -0.25) is 4.79 Å². The lowest BCUT2D eigenvalue weighted by Crippen LogP contribution is -2.39. The van der Waals surface area contributed by atoms with Gasteiger partial charge in [0.25, 0.3) is 5.91 Å². The van der Waals surface area contributed by atoms with Crippen molar-refractivity contribution in [2.45, 2.75) is 57.2 Å². The van der Waals surface area contributed by atoms with Gasteiger partial charge in [0.2, 0.25) is 0 Å². The van der Waals surface area contributed by atoms with Gasteiger partial charge in [-0.1, -0.05) is 18.5 Å². The van der Waals surface area contributed by atoms with Crippen LogP contribution < -0.4 is 5.73 Å². The number of unbranched alkanes of at least 4 members (excludes halogenated alkanes) is 1. The smallest absolute Gasteiger partial charge is 0.271 e. The Balaban J connectivity index is 1.94. The van der Waals surface area contributed by atoms with Crippen molar-refractivity contribution < 1.29 is 18.8 Å². The summed E-state index contributed by atoms with van der Waals surface area (Å²) in [5.41, 5.74) is 6.47. The standard InChI is InChI=1S/C15H22N2O4/c1-2-3-7-15(19-8-9-20-15)11-6-4-5-10-12(14(16)18)17-21-13(10)11/h11H,2-9H2,1H3,(H2,16,18). The van der Waals surface area contributed by atoms with Gasteiger partial charge < -0.3 is 19.7 Å². The molecule has 1 unspecified atom stereocenters. The fraction of sp³-hybridized carbons (Fsp3) is 0.733. The van der Waals surface area contributed by atoms with Crippen LogP contribution in [0.3, 0.4) is 0 Å². The van der Waals surface area contributed by atoms with E-state index in [0.29, 0.717) is 13.2 Å². The molecule has 1 aliphatic heterocycles. The molecule has 2 aliphatic rings. The Bertz CT molecular complexity index is 520. The number of nitrogens with zero attached hydrogens (tertiary/aromatic N) is 1. The molecule has 1 amide bonds. The summed E-state index contributed by atoms with van der Waals surface area (Å²) >= 11 is 0. The molecule has 6 nitrogen and oxygen atoms in total. The van der Waals surface area contributed by atoms with Gasteiger partial charge in [-0.2, -0.15) is 0 Å². The van der Waals surface area contributed by atoms with E-state index in [4.69, 9.17) is 19.7 Å². The quantitative estimate of drug-likeness (QED) is 0.898. The summed E-state index contributed by atoms with van der Waals surface area (Å²) in [4.78, 5) is 11.5. The van der Waals surface area contributed by atoms with Crippen molar-refractivity contribution in [3.05, 3.63) is 17.0 Å². The maximum absolute atomic E-state index is 11.5. The third-order valence-electron chi connectivity index (χ3n) is 4.47. The van der Waals surface area contributed by atoms with E-state index in [9.17, 15) is 4.79 Å². The predicted molar refractivity (Wildman–Crippen MR) is 74.9 cm³/mol. The van der Waals surface area contributed by atoms with E-state index in [1.807, 2.05) is 0 Å². The van der Waals surface area contributed by atoms with Crippen molar-refractivity contribution in [1.29, 1.82) is 0 Å². The van der Waals surface area contributed by atoms with Gasteiger partial charge in [-0.25, -0.2) is 0 Å². The van der Waals surface area contributed by atoms with Gasteiger partial charge in [0, 0.05) is 12.0 Å². The van der Waals surface area contributed by atoms with E-state index >= 15 is 0 Å². The Labute approximate surface area is 123 Å². The van der Waals surface area contributed by atoms with Gasteiger partial charge in [0.1, 0.15) is 5.76 Å². The minimum Gasteiger partial charge on any atom is -0.364 e. The average Bonchev–Trinajstić information content (AvgIpc) is 3.12. The van der Waals surface area contributed by atoms with Crippen LogP contribution in [0.25, 0.3) is 0 Å². The monoisotopic (exact) mass is 294 g/mol. The topological polar surface area (TPSA) is 87.6 Å². The molecule has 3 rings (SSSR count). The number of hydrogen-bond acceptors (Lipinski definition) is 5. The van der Waals surface area contributed by atoms with Gasteiger partial charge in [0.05, 0.1) is 19.1 Å². The first-order chi connectivity index (χ1) is 10.2. The first kappa shape index (κ1) is 14.5. The van der Waals surface area contributed by atoms with Crippen molar-refractivity contribution >= 4 is 5.91 Å². The fourth-order valence-electron chi connectivity index (χ4n) is 3.48. The number of hydrogen-bond donors (Lipinski definition) is 1.